The maximum Gasteiger partial charge on any atom is 0.433 e. The van der Waals surface area contributed by atoms with Crippen LogP contribution in [-0.2, 0) is 40.2 Å². The second-order valence-corrected chi connectivity index (χ2v) is 12.5. The Morgan fingerprint density at radius 3 is 1.68 bits per heavy atom. The summed E-state index contributed by atoms with van der Waals surface area (Å²) >= 11 is 0. The fraction of sp³-hybridized carbons (Fsp3) is 0.395. The monoisotopic (exact) mass is 645 g/mol. The van der Waals surface area contributed by atoms with Gasteiger partial charge in [-0.3, -0.25) is 4.90 Å². The summed E-state index contributed by atoms with van der Waals surface area (Å²) in [5.41, 5.74) is 3.15. The Bertz CT molecular complexity index is 1440. The highest BCUT2D eigenvalue weighted by atomic mass is 19.4. The van der Waals surface area contributed by atoms with Crippen molar-refractivity contribution < 1.29 is 27.4 Å². The van der Waals surface area contributed by atoms with Gasteiger partial charge in [0.15, 0.2) is 0 Å². The van der Waals surface area contributed by atoms with Crippen molar-refractivity contribution in [1.29, 1.82) is 0 Å². The first kappa shape index (κ1) is 33.2. The lowest BCUT2D eigenvalue weighted by molar-refractivity contribution is -0.185. The summed E-state index contributed by atoms with van der Waals surface area (Å²) in [7, 11) is 0. The van der Waals surface area contributed by atoms with Crippen molar-refractivity contribution in [2.45, 2.75) is 57.2 Å². The van der Waals surface area contributed by atoms with Crippen molar-refractivity contribution in [2.24, 2.45) is 5.92 Å². The third kappa shape index (κ3) is 9.41. The topological polar surface area (TPSA) is 47.1 Å². The van der Waals surface area contributed by atoms with Crippen LogP contribution in [0.15, 0.2) is 109 Å². The average Bonchev–Trinajstić information content (AvgIpc) is 3.10. The Hall–Kier alpha value is -3.76. The number of pyridine rings is 1. The summed E-state index contributed by atoms with van der Waals surface area (Å²) in [6, 6.07) is 33.1. The highest BCUT2D eigenvalue weighted by Gasteiger charge is 2.40. The first-order chi connectivity index (χ1) is 22.9. The lowest BCUT2D eigenvalue weighted by atomic mass is 9.94. The van der Waals surface area contributed by atoms with Crippen LogP contribution < -0.4 is 4.90 Å². The van der Waals surface area contributed by atoms with Gasteiger partial charge in [0.25, 0.3) is 0 Å². The van der Waals surface area contributed by atoms with Crippen molar-refractivity contribution in [3.05, 3.63) is 132 Å². The van der Waals surface area contributed by atoms with Gasteiger partial charge in [-0.05, 0) is 47.6 Å². The molecular formula is C38H42F3N3O3. The molecule has 0 bridgehead atoms. The smallest absolute Gasteiger partial charge is 0.370 e. The molecule has 2 fully saturated rings. The van der Waals surface area contributed by atoms with Gasteiger partial charge in [-0.1, -0.05) is 91.0 Å². The summed E-state index contributed by atoms with van der Waals surface area (Å²) in [5.74, 6) is 0.331. The van der Waals surface area contributed by atoms with Gasteiger partial charge in [0.05, 0.1) is 43.9 Å². The zero-order valence-electron chi connectivity index (χ0n) is 26.5. The second kappa shape index (κ2) is 15.9. The molecule has 3 heterocycles. The van der Waals surface area contributed by atoms with Gasteiger partial charge in [-0.25, -0.2) is 4.98 Å². The number of aromatic nitrogens is 1. The second-order valence-electron chi connectivity index (χ2n) is 12.5. The maximum absolute atomic E-state index is 13.1. The van der Waals surface area contributed by atoms with Gasteiger partial charge in [0, 0.05) is 32.7 Å². The zero-order valence-corrected chi connectivity index (χ0v) is 26.5. The predicted molar refractivity (Wildman–Crippen MR) is 176 cm³/mol. The Morgan fingerprint density at radius 1 is 0.660 bits per heavy atom. The fourth-order valence-corrected chi connectivity index (χ4v) is 6.57. The first-order valence-corrected chi connectivity index (χ1v) is 16.4. The predicted octanol–water partition coefficient (Wildman–Crippen LogP) is 7.39. The number of hydrogen-bond acceptors (Lipinski definition) is 6. The molecule has 47 heavy (non-hydrogen) atoms. The van der Waals surface area contributed by atoms with Crippen LogP contribution in [0.1, 0.15) is 35.2 Å². The van der Waals surface area contributed by atoms with Crippen molar-refractivity contribution in [3.63, 3.8) is 0 Å². The highest BCUT2D eigenvalue weighted by molar-refractivity contribution is 5.45. The Morgan fingerprint density at radius 2 is 1.19 bits per heavy atom. The SMILES string of the molecule is FC(F)(F)c1ccc(N2CCC[C@@H](CN3C[C@H](OCc4ccccc4)C(OCc4ccccc4)[C@@H](OCc4ccccc4)C3)C2)cn1. The maximum atomic E-state index is 13.1. The fourth-order valence-electron chi connectivity index (χ4n) is 6.57. The van der Waals surface area contributed by atoms with Crippen LogP contribution in [0.2, 0.25) is 0 Å². The third-order valence-corrected chi connectivity index (χ3v) is 8.95. The van der Waals surface area contributed by atoms with Crippen molar-refractivity contribution >= 4 is 5.69 Å². The molecule has 3 atom stereocenters. The van der Waals surface area contributed by atoms with Crippen molar-refractivity contribution in [3.8, 4) is 0 Å². The number of hydrogen-bond donors (Lipinski definition) is 0. The van der Waals surface area contributed by atoms with E-state index in [4.69, 9.17) is 14.2 Å². The van der Waals surface area contributed by atoms with Crippen LogP contribution in [0.5, 0.6) is 0 Å². The van der Waals surface area contributed by atoms with Crippen LogP contribution in [0, 0.1) is 5.92 Å². The molecule has 0 aliphatic carbocycles. The molecule has 2 aliphatic rings. The molecule has 0 N–H and O–H groups in total. The number of halogens is 3. The molecule has 2 aliphatic heterocycles. The number of ether oxygens (including phenoxy) is 3. The molecule has 9 heteroatoms. The summed E-state index contributed by atoms with van der Waals surface area (Å²) < 4.78 is 59.2. The molecule has 6 rings (SSSR count). The Labute approximate surface area is 275 Å². The van der Waals surface area contributed by atoms with Gasteiger partial charge in [-0.2, -0.15) is 13.2 Å². The van der Waals surface area contributed by atoms with E-state index in [2.05, 4.69) is 51.2 Å². The number of benzene rings is 3. The van der Waals surface area contributed by atoms with E-state index < -0.39 is 11.9 Å². The summed E-state index contributed by atoms with van der Waals surface area (Å²) in [6.45, 7) is 5.15. The van der Waals surface area contributed by atoms with Crippen molar-refractivity contribution in [1.82, 2.24) is 9.88 Å². The van der Waals surface area contributed by atoms with Crippen LogP contribution >= 0.6 is 0 Å². The molecule has 0 amide bonds. The van der Waals surface area contributed by atoms with E-state index in [-0.39, 0.29) is 18.3 Å². The quantitative estimate of drug-likeness (QED) is 0.160. The van der Waals surface area contributed by atoms with E-state index in [1.54, 1.807) is 0 Å². The average molecular weight is 646 g/mol. The molecule has 2 saturated heterocycles. The van der Waals surface area contributed by atoms with E-state index in [1.807, 2.05) is 54.6 Å². The van der Waals surface area contributed by atoms with Crippen LogP contribution in [0.25, 0.3) is 0 Å². The molecule has 6 nitrogen and oxygen atoms in total. The minimum atomic E-state index is -4.45. The van der Waals surface area contributed by atoms with Crippen LogP contribution in [0.4, 0.5) is 18.9 Å². The molecule has 0 unspecified atom stereocenters. The van der Waals surface area contributed by atoms with E-state index >= 15 is 0 Å². The summed E-state index contributed by atoms with van der Waals surface area (Å²) in [4.78, 5) is 8.28. The van der Waals surface area contributed by atoms with E-state index in [1.165, 1.54) is 12.3 Å². The molecule has 4 aromatic rings. The summed E-state index contributed by atoms with van der Waals surface area (Å²) in [5, 5.41) is 0. The Kier molecular flexibility index (Phi) is 11.2. The van der Waals surface area contributed by atoms with E-state index in [0.29, 0.717) is 38.8 Å². The molecule has 1 aromatic heterocycles. The van der Waals surface area contributed by atoms with Gasteiger partial charge < -0.3 is 19.1 Å². The molecule has 0 radical (unpaired) electrons. The van der Waals surface area contributed by atoms with E-state index in [0.717, 1.165) is 60.9 Å². The van der Waals surface area contributed by atoms with Crippen molar-refractivity contribution in [2.75, 3.05) is 37.6 Å². The first-order valence-electron chi connectivity index (χ1n) is 16.4. The summed E-state index contributed by atoms with van der Waals surface area (Å²) in [6.07, 6.45) is -1.83. The van der Waals surface area contributed by atoms with Gasteiger partial charge >= 0.3 is 6.18 Å². The molecule has 248 valence electrons. The lowest BCUT2D eigenvalue weighted by Crippen LogP contribution is -2.59. The minimum absolute atomic E-state index is 0.229. The van der Waals surface area contributed by atoms with Crippen LogP contribution in [-0.4, -0.2) is 60.9 Å². The lowest BCUT2D eigenvalue weighted by Gasteiger charge is -2.45. The Balaban J connectivity index is 1.18. The minimum Gasteiger partial charge on any atom is -0.370 e. The van der Waals surface area contributed by atoms with Crippen LogP contribution in [0.3, 0.4) is 0 Å². The largest absolute Gasteiger partial charge is 0.433 e. The molecule has 3 aromatic carbocycles. The standard InChI is InChI=1S/C38H42F3N3O3/c39-38(40,41)36-19-18-33(21-42-36)44-20-10-17-32(23-44)22-43-24-34(45-26-29-11-4-1-5-12-29)37(47-28-31-15-8-3-9-16-31)35(25-43)46-27-30-13-6-2-7-14-30/h1-9,11-16,18-19,21,32,34-35,37H,10,17,20,22-28H2/t32-,34-,35-/m0/s1. The molecule has 0 saturated carbocycles. The zero-order chi connectivity index (χ0) is 32.5. The van der Waals surface area contributed by atoms with Gasteiger partial charge in [0.1, 0.15) is 11.8 Å². The molecular weight excluding hydrogens is 603 g/mol. The number of rotatable bonds is 12. The number of nitrogens with zero attached hydrogens (tertiary/aromatic N) is 3. The number of anilines is 1. The number of alkyl halides is 3. The third-order valence-electron chi connectivity index (χ3n) is 8.95. The molecule has 0 spiro atoms. The van der Waals surface area contributed by atoms with Gasteiger partial charge in [-0.15, -0.1) is 0 Å². The van der Waals surface area contributed by atoms with Gasteiger partial charge in [0.2, 0.25) is 0 Å². The number of piperidine rings is 2. The highest BCUT2D eigenvalue weighted by Crippen LogP contribution is 2.31. The van der Waals surface area contributed by atoms with E-state index in [9.17, 15) is 13.2 Å². The normalized spacial score (nSPS) is 21.2. The number of likely N-dealkylation sites (tertiary alicyclic amines) is 1.